The van der Waals surface area contributed by atoms with Crippen molar-refractivity contribution in [1.82, 2.24) is 0 Å². The van der Waals surface area contributed by atoms with Gasteiger partial charge in [0.05, 0.1) is 27.7 Å². The van der Waals surface area contributed by atoms with Crippen molar-refractivity contribution < 1.29 is 14.8 Å². The molecule has 0 radical (unpaired) electrons. The van der Waals surface area contributed by atoms with Gasteiger partial charge in [0.15, 0.2) is 0 Å². The smallest absolute Gasteiger partial charge is 0.338 e. The van der Waals surface area contributed by atoms with Crippen molar-refractivity contribution >= 4 is 40.5 Å². The van der Waals surface area contributed by atoms with Crippen LogP contribution in [0.3, 0.4) is 0 Å². The lowest BCUT2D eigenvalue weighted by molar-refractivity contribution is -0.384. The first kappa shape index (κ1) is 14.3. The number of nitro benzene ring substituents is 1. The molecule has 96 valence electrons. The Morgan fingerprint density at radius 2 is 2.17 bits per heavy atom. The number of nitro groups is 1. The lowest BCUT2D eigenvalue weighted by Gasteiger charge is -2.10. The zero-order valence-electron chi connectivity index (χ0n) is 8.94. The molecule has 0 aliphatic rings. The highest BCUT2D eigenvalue weighted by Crippen LogP contribution is 2.31. The van der Waals surface area contributed by atoms with Gasteiger partial charge in [-0.15, -0.1) is 0 Å². The molecule has 1 aromatic carbocycles. The van der Waals surface area contributed by atoms with E-state index in [4.69, 9.17) is 28.3 Å². The fourth-order valence-electron chi connectivity index (χ4n) is 1.23. The standard InChI is InChI=1S/C10H8Cl2N2O4/c1-5(11)4-13-9-7(10(15)16)2-6(14(17)18)3-8(9)12/h2-3,13H,1,4H2,(H,15,16). The van der Waals surface area contributed by atoms with E-state index in [0.717, 1.165) is 12.1 Å². The molecule has 0 saturated heterocycles. The van der Waals surface area contributed by atoms with Crippen LogP contribution in [0.1, 0.15) is 10.4 Å². The number of non-ortho nitro benzene ring substituents is 1. The summed E-state index contributed by atoms with van der Waals surface area (Å²) in [5, 5.41) is 22.4. The van der Waals surface area contributed by atoms with Crippen molar-refractivity contribution in [1.29, 1.82) is 0 Å². The number of nitrogens with zero attached hydrogens (tertiary/aromatic N) is 1. The van der Waals surface area contributed by atoms with Crippen molar-refractivity contribution in [2.24, 2.45) is 0 Å². The zero-order valence-corrected chi connectivity index (χ0v) is 10.5. The van der Waals surface area contributed by atoms with Crippen molar-refractivity contribution in [3.63, 3.8) is 0 Å². The van der Waals surface area contributed by atoms with E-state index >= 15 is 0 Å². The normalized spacial score (nSPS) is 9.89. The van der Waals surface area contributed by atoms with E-state index in [9.17, 15) is 14.9 Å². The molecule has 0 amide bonds. The number of carboxylic acids is 1. The van der Waals surface area contributed by atoms with Gasteiger partial charge >= 0.3 is 5.97 Å². The van der Waals surface area contributed by atoms with Crippen molar-refractivity contribution in [2.75, 3.05) is 11.9 Å². The molecular weight excluding hydrogens is 283 g/mol. The summed E-state index contributed by atoms with van der Waals surface area (Å²) in [5.74, 6) is -1.33. The number of halogens is 2. The average Bonchev–Trinajstić information content (AvgIpc) is 2.25. The minimum absolute atomic E-state index is 0.0663. The number of carboxylic acid groups (broad SMARTS) is 1. The summed E-state index contributed by atoms with van der Waals surface area (Å²) < 4.78 is 0. The number of nitrogens with one attached hydrogen (secondary N) is 1. The Balaban J connectivity index is 3.27. The second-order valence-electron chi connectivity index (χ2n) is 3.28. The van der Waals surface area contributed by atoms with Gasteiger partial charge in [-0.2, -0.15) is 0 Å². The Morgan fingerprint density at radius 3 is 2.61 bits per heavy atom. The molecule has 8 heteroatoms. The van der Waals surface area contributed by atoms with Gasteiger partial charge in [0, 0.05) is 17.2 Å². The summed E-state index contributed by atoms with van der Waals surface area (Å²) in [6.07, 6.45) is 0. The number of hydrogen-bond acceptors (Lipinski definition) is 4. The maximum atomic E-state index is 11.0. The predicted octanol–water partition coefficient (Wildman–Crippen LogP) is 3.11. The van der Waals surface area contributed by atoms with Gasteiger partial charge in [0.2, 0.25) is 0 Å². The first-order valence-corrected chi connectivity index (χ1v) is 5.37. The predicted molar refractivity (Wildman–Crippen MR) is 68.5 cm³/mol. The van der Waals surface area contributed by atoms with E-state index < -0.39 is 16.6 Å². The molecule has 0 aliphatic heterocycles. The van der Waals surface area contributed by atoms with Gasteiger partial charge < -0.3 is 10.4 Å². The highest BCUT2D eigenvalue weighted by Gasteiger charge is 2.19. The Bertz CT molecular complexity index is 531. The molecule has 0 bridgehead atoms. The number of carbonyl (C=O) groups is 1. The average molecular weight is 291 g/mol. The third-order valence-corrected chi connectivity index (χ3v) is 2.40. The monoisotopic (exact) mass is 290 g/mol. The first-order valence-electron chi connectivity index (χ1n) is 4.61. The molecule has 0 spiro atoms. The highest BCUT2D eigenvalue weighted by molar-refractivity contribution is 6.34. The van der Waals surface area contributed by atoms with Crippen LogP contribution in [0.25, 0.3) is 0 Å². The van der Waals surface area contributed by atoms with Gasteiger partial charge in [0.1, 0.15) is 0 Å². The topological polar surface area (TPSA) is 92.5 Å². The Labute approximate surface area is 112 Å². The number of aromatic carboxylic acids is 1. The molecule has 0 aromatic heterocycles. The van der Waals surface area contributed by atoms with Gasteiger partial charge in [-0.1, -0.05) is 29.8 Å². The summed E-state index contributed by atoms with van der Waals surface area (Å²) in [6.45, 7) is 3.52. The molecule has 0 aliphatic carbocycles. The summed E-state index contributed by atoms with van der Waals surface area (Å²) >= 11 is 11.3. The van der Waals surface area contributed by atoms with Crippen LogP contribution in [0.5, 0.6) is 0 Å². The Kier molecular flexibility index (Phi) is 4.52. The van der Waals surface area contributed by atoms with Crippen LogP contribution in [-0.4, -0.2) is 22.5 Å². The molecule has 1 aromatic rings. The summed E-state index contributed by atoms with van der Waals surface area (Å²) in [4.78, 5) is 20.9. The van der Waals surface area contributed by atoms with Crippen LogP contribution in [0.4, 0.5) is 11.4 Å². The molecule has 18 heavy (non-hydrogen) atoms. The number of anilines is 1. The second-order valence-corrected chi connectivity index (χ2v) is 4.22. The van der Waals surface area contributed by atoms with Gasteiger partial charge in [-0.25, -0.2) is 4.79 Å². The minimum atomic E-state index is -1.33. The van der Waals surface area contributed by atoms with E-state index in [0.29, 0.717) is 0 Å². The molecule has 6 nitrogen and oxygen atoms in total. The van der Waals surface area contributed by atoms with Crippen LogP contribution in [0, 0.1) is 10.1 Å². The maximum Gasteiger partial charge on any atom is 0.338 e. The summed E-state index contributed by atoms with van der Waals surface area (Å²) in [7, 11) is 0. The van der Waals surface area contributed by atoms with E-state index in [1.54, 1.807) is 0 Å². The first-order chi connectivity index (χ1) is 8.32. The molecule has 0 atom stereocenters. The molecule has 2 N–H and O–H groups in total. The SMILES string of the molecule is C=C(Cl)CNc1c(Cl)cc([N+](=O)[O-])cc1C(=O)O. The van der Waals surface area contributed by atoms with E-state index in [2.05, 4.69) is 11.9 Å². The van der Waals surface area contributed by atoms with Crippen LogP contribution in [-0.2, 0) is 0 Å². The van der Waals surface area contributed by atoms with Gasteiger partial charge in [0.25, 0.3) is 5.69 Å². The maximum absolute atomic E-state index is 11.0. The van der Waals surface area contributed by atoms with Gasteiger partial charge in [-0.05, 0) is 0 Å². The molecule has 0 fully saturated rings. The minimum Gasteiger partial charge on any atom is -0.478 e. The number of rotatable bonds is 5. The fraction of sp³-hybridized carbons (Fsp3) is 0.100. The van der Waals surface area contributed by atoms with Gasteiger partial charge in [-0.3, -0.25) is 10.1 Å². The number of hydrogen-bond donors (Lipinski definition) is 2. The van der Waals surface area contributed by atoms with Crippen LogP contribution < -0.4 is 5.32 Å². The van der Waals surface area contributed by atoms with Crippen molar-refractivity contribution in [3.05, 3.63) is 44.4 Å². The molecular formula is C10H8Cl2N2O4. The zero-order chi connectivity index (χ0) is 13.9. The third kappa shape index (κ3) is 3.35. The lowest BCUT2D eigenvalue weighted by Crippen LogP contribution is -2.09. The largest absolute Gasteiger partial charge is 0.478 e. The lowest BCUT2D eigenvalue weighted by atomic mass is 10.1. The summed E-state index contributed by atoms with van der Waals surface area (Å²) in [6, 6.07) is 1.99. The fourth-order valence-corrected chi connectivity index (χ4v) is 1.58. The number of benzene rings is 1. The molecule has 0 saturated carbocycles. The van der Waals surface area contributed by atoms with E-state index in [1.807, 2.05) is 0 Å². The van der Waals surface area contributed by atoms with Crippen LogP contribution in [0.2, 0.25) is 5.02 Å². The summed E-state index contributed by atoms with van der Waals surface area (Å²) in [5.41, 5.74) is -0.628. The van der Waals surface area contributed by atoms with E-state index in [-0.39, 0.29) is 27.9 Å². The second kappa shape index (κ2) is 5.70. The van der Waals surface area contributed by atoms with Crippen LogP contribution in [0.15, 0.2) is 23.7 Å². The molecule has 1 rings (SSSR count). The molecule has 0 unspecified atom stereocenters. The highest BCUT2D eigenvalue weighted by atomic mass is 35.5. The third-order valence-electron chi connectivity index (χ3n) is 1.97. The molecule has 0 heterocycles. The quantitative estimate of drug-likeness (QED) is 0.642. The van der Waals surface area contributed by atoms with Crippen LogP contribution >= 0.6 is 23.2 Å². The van der Waals surface area contributed by atoms with Crippen molar-refractivity contribution in [3.8, 4) is 0 Å². The van der Waals surface area contributed by atoms with Crippen molar-refractivity contribution in [2.45, 2.75) is 0 Å². The van der Waals surface area contributed by atoms with E-state index in [1.165, 1.54) is 0 Å². The Hall–Kier alpha value is -1.79. The Morgan fingerprint density at radius 1 is 1.56 bits per heavy atom.